The van der Waals surface area contributed by atoms with Crippen molar-refractivity contribution in [1.29, 1.82) is 0 Å². The number of benzene rings is 1. The number of amides is 1. The molecule has 33 heavy (non-hydrogen) atoms. The molecule has 0 aliphatic carbocycles. The van der Waals surface area contributed by atoms with Gasteiger partial charge in [0, 0.05) is 52.4 Å². The Morgan fingerprint density at radius 3 is 2.58 bits per heavy atom. The van der Waals surface area contributed by atoms with Crippen molar-refractivity contribution < 1.29 is 4.79 Å². The molecule has 1 atom stereocenters. The van der Waals surface area contributed by atoms with Crippen LogP contribution in [0.3, 0.4) is 0 Å². The van der Waals surface area contributed by atoms with E-state index in [-0.39, 0.29) is 35.8 Å². The van der Waals surface area contributed by atoms with E-state index in [0.29, 0.717) is 6.04 Å². The van der Waals surface area contributed by atoms with E-state index in [4.69, 9.17) is 5.73 Å². The van der Waals surface area contributed by atoms with Gasteiger partial charge in [-0.1, -0.05) is 36.4 Å². The van der Waals surface area contributed by atoms with E-state index in [1.807, 2.05) is 7.05 Å². The van der Waals surface area contributed by atoms with Gasteiger partial charge in [-0.05, 0) is 50.3 Å². The minimum atomic E-state index is -0.173. The van der Waals surface area contributed by atoms with Gasteiger partial charge in [-0.3, -0.25) is 19.6 Å². The van der Waals surface area contributed by atoms with Crippen LogP contribution in [0.25, 0.3) is 0 Å². The van der Waals surface area contributed by atoms with E-state index in [9.17, 15) is 4.79 Å². The van der Waals surface area contributed by atoms with E-state index in [1.165, 1.54) is 16.7 Å². The zero-order valence-electron chi connectivity index (χ0n) is 20.2. The lowest BCUT2D eigenvalue weighted by atomic mass is 9.97. The molecule has 8 heteroatoms. The molecular weight excluding hydrogens is 527 g/mol. The van der Waals surface area contributed by atoms with Crippen LogP contribution in [0.5, 0.6) is 0 Å². The second-order valence-corrected chi connectivity index (χ2v) is 9.37. The van der Waals surface area contributed by atoms with Crippen LogP contribution in [0.2, 0.25) is 0 Å². The molecule has 1 aromatic carbocycles. The van der Waals surface area contributed by atoms with Crippen molar-refractivity contribution in [3.63, 3.8) is 0 Å². The maximum Gasteiger partial charge on any atom is 0.221 e. The van der Waals surface area contributed by atoms with Gasteiger partial charge < -0.3 is 16.4 Å². The van der Waals surface area contributed by atoms with Gasteiger partial charge in [0.1, 0.15) is 0 Å². The highest BCUT2D eigenvalue weighted by molar-refractivity contribution is 14.0. The number of hydrogen-bond donors (Lipinski definition) is 3. The molecule has 7 nitrogen and oxygen atoms in total. The van der Waals surface area contributed by atoms with Gasteiger partial charge in [0.15, 0.2) is 5.96 Å². The molecule has 1 unspecified atom stereocenters. The quantitative estimate of drug-likeness (QED) is 0.195. The third-order valence-corrected chi connectivity index (χ3v) is 6.41. The summed E-state index contributed by atoms with van der Waals surface area (Å²) in [6.45, 7) is 12.7. The number of nitrogens with two attached hydrogens (primary N) is 1. The molecule has 2 aliphatic rings. The second-order valence-electron chi connectivity index (χ2n) is 9.37. The Morgan fingerprint density at radius 1 is 1.18 bits per heavy atom. The fourth-order valence-corrected chi connectivity index (χ4v) is 4.72. The van der Waals surface area contributed by atoms with Gasteiger partial charge in [-0.2, -0.15) is 0 Å². The predicted octanol–water partition coefficient (Wildman–Crippen LogP) is 2.71. The Bertz CT molecular complexity index is 806. The number of guanidine groups is 1. The topological polar surface area (TPSA) is 86.0 Å². The SMILES string of the molecule is C=C(C)CN1CCC(NC(=NC)NCc2cccc(CN3CCCC(C(N)=O)C3)c2)CC1.I. The van der Waals surface area contributed by atoms with E-state index in [0.717, 1.165) is 77.5 Å². The number of nitrogens with zero attached hydrogens (tertiary/aromatic N) is 3. The number of hydrogen-bond acceptors (Lipinski definition) is 4. The number of primary amides is 1. The smallest absolute Gasteiger partial charge is 0.221 e. The Morgan fingerprint density at radius 2 is 1.91 bits per heavy atom. The van der Waals surface area contributed by atoms with Gasteiger partial charge in [-0.25, -0.2) is 0 Å². The van der Waals surface area contributed by atoms with Crippen LogP contribution in [-0.2, 0) is 17.9 Å². The monoisotopic (exact) mass is 568 g/mol. The molecule has 2 fully saturated rings. The molecule has 184 valence electrons. The first-order valence-corrected chi connectivity index (χ1v) is 11.9. The first-order chi connectivity index (χ1) is 15.4. The van der Waals surface area contributed by atoms with Gasteiger partial charge >= 0.3 is 0 Å². The number of piperidine rings is 2. The molecular formula is C25H41IN6O. The van der Waals surface area contributed by atoms with Gasteiger partial charge in [0.05, 0.1) is 5.92 Å². The van der Waals surface area contributed by atoms with Crippen LogP contribution in [0.15, 0.2) is 41.4 Å². The van der Waals surface area contributed by atoms with Crippen molar-refractivity contribution >= 4 is 35.8 Å². The third-order valence-electron chi connectivity index (χ3n) is 6.41. The number of nitrogens with one attached hydrogen (secondary N) is 2. The van der Waals surface area contributed by atoms with Crippen molar-refractivity contribution in [3.8, 4) is 0 Å². The van der Waals surface area contributed by atoms with E-state index in [2.05, 4.69) is 63.2 Å². The van der Waals surface area contributed by atoms with E-state index < -0.39 is 0 Å². The van der Waals surface area contributed by atoms with Gasteiger partial charge in [0.2, 0.25) is 5.91 Å². The van der Waals surface area contributed by atoms with Crippen LogP contribution >= 0.6 is 24.0 Å². The fraction of sp³-hybridized carbons (Fsp3) is 0.600. The maximum atomic E-state index is 11.5. The van der Waals surface area contributed by atoms with Crippen LogP contribution < -0.4 is 16.4 Å². The molecule has 0 saturated carbocycles. The van der Waals surface area contributed by atoms with Crippen molar-refractivity contribution in [2.45, 2.75) is 51.7 Å². The van der Waals surface area contributed by atoms with Crippen LogP contribution in [0, 0.1) is 5.92 Å². The summed E-state index contributed by atoms with van der Waals surface area (Å²) in [5, 5.41) is 7.05. The lowest BCUT2D eigenvalue weighted by molar-refractivity contribution is -0.123. The molecule has 0 bridgehead atoms. The number of carbonyl (C=O) groups excluding carboxylic acids is 1. The molecule has 3 rings (SSSR count). The number of aliphatic imine (C=N–C) groups is 1. The summed E-state index contributed by atoms with van der Waals surface area (Å²) < 4.78 is 0. The lowest BCUT2D eigenvalue weighted by Crippen LogP contribution is -2.48. The zero-order valence-corrected chi connectivity index (χ0v) is 22.5. The summed E-state index contributed by atoms with van der Waals surface area (Å²) in [6, 6.07) is 9.09. The van der Waals surface area contributed by atoms with Gasteiger partial charge in [0.25, 0.3) is 0 Å². The van der Waals surface area contributed by atoms with Crippen molar-refractivity contribution in [3.05, 3.63) is 47.5 Å². The predicted molar refractivity (Wildman–Crippen MR) is 147 cm³/mol. The Labute approximate surface area is 216 Å². The van der Waals surface area contributed by atoms with Crippen LogP contribution in [-0.4, -0.2) is 67.5 Å². The number of likely N-dealkylation sites (tertiary alicyclic amines) is 2. The molecule has 0 aromatic heterocycles. The summed E-state index contributed by atoms with van der Waals surface area (Å²) in [5.74, 6) is 0.665. The van der Waals surface area contributed by atoms with Crippen LogP contribution in [0.1, 0.15) is 43.7 Å². The average molecular weight is 569 g/mol. The molecule has 2 heterocycles. The Hall–Kier alpha value is -1.65. The van der Waals surface area contributed by atoms with Crippen molar-refractivity contribution in [1.82, 2.24) is 20.4 Å². The third kappa shape index (κ3) is 9.25. The highest BCUT2D eigenvalue weighted by Gasteiger charge is 2.24. The average Bonchev–Trinajstić information content (AvgIpc) is 2.78. The first-order valence-electron chi connectivity index (χ1n) is 11.9. The van der Waals surface area contributed by atoms with E-state index >= 15 is 0 Å². The Kier molecular flexibility index (Phi) is 11.6. The zero-order chi connectivity index (χ0) is 22.9. The highest BCUT2D eigenvalue weighted by Crippen LogP contribution is 2.19. The number of halogens is 1. The normalized spacial score (nSPS) is 20.7. The van der Waals surface area contributed by atoms with Gasteiger partial charge in [-0.15, -0.1) is 24.0 Å². The Balaban J connectivity index is 0.00000385. The largest absolute Gasteiger partial charge is 0.369 e. The van der Waals surface area contributed by atoms with Crippen molar-refractivity contribution in [2.75, 3.05) is 39.8 Å². The molecule has 2 aliphatic heterocycles. The molecule has 4 N–H and O–H groups in total. The standard InChI is InChI=1S/C25H40N6O.HI/c1-19(2)16-30-12-9-23(10-13-30)29-25(27-3)28-15-20-6-4-7-21(14-20)17-31-11-5-8-22(18-31)24(26)32;/h4,6-7,14,22-23H,1,5,8-13,15-18H2,2-3H3,(H2,26,32)(H2,27,28,29);1H. The molecule has 0 spiro atoms. The molecule has 2 saturated heterocycles. The number of carbonyl (C=O) groups is 1. The summed E-state index contributed by atoms with van der Waals surface area (Å²) in [5.41, 5.74) is 9.24. The molecule has 1 aromatic rings. The highest BCUT2D eigenvalue weighted by atomic mass is 127. The minimum absolute atomic E-state index is 0. The summed E-state index contributed by atoms with van der Waals surface area (Å²) >= 11 is 0. The lowest BCUT2D eigenvalue weighted by Gasteiger charge is -2.33. The first kappa shape index (κ1) is 27.6. The summed E-state index contributed by atoms with van der Waals surface area (Å²) in [7, 11) is 1.83. The second kappa shape index (κ2) is 13.9. The van der Waals surface area contributed by atoms with Crippen LogP contribution in [0.4, 0.5) is 0 Å². The van der Waals surface area contributed by atoms with E-state index in [1.54, 1.807) is 0 Å². The summed E-state index contributed by atoms with van der Waals surface area (Å²) in [6.07, 6.45) is 4.18. The number of rotatable bonds is 8. The molecule has 1 amide bonds. The van der Waals surface area contributed by atoms with Crippen molar-refractivity contribution in [2.24, 2.45) is 16.6 Å². The maximum absolute atomic E-state index is 11.5. The fourth-order valence-electron chi connectivity index (χ4n) is 4.72. The molecule has 0 radical (unpaired) electrons. The summed E-state index contributed by atoms with van der Waals surface area (Å²) in [4.78, 5) is 20.8. The minimum Gasteiger partial charge on any atom is -0.369 e.